The van der Waals surface area contributed by atoms with E-state index in [-0.39, 0.29) is 0 Å². The molecule has 0 aromatic carbocycles. The third kappa shape index (κ3) is 9.01. The van der Waals surface area contributed by atoms with E-state index in [4.69, 9.17) is 4.74 Å². The Kier molecular flexibility index (Phi) is 10.3. The first-order valence-corrected chi connectivity index (χ1v) is 6.96. The van der Waals surface area contributed by atoms with Gasteiger partial charge in [-0.1, -0.05) is 43.1 Å². The maximum atomic E-state index is 5.60. The second-order valence-corrected chi connectivity index (χ2v) is 5.04. The predicted octanol–water partition coefficient (Wildman–Crippen LogP) is 4.25. The van der Waals surface area contributed by atoms with E-state index in [0.717, 1.165) is 30.4 Å². The average molecular weight is 265 g/mol. The van der Waals surface area contributed by atoms with Crippen molar-refractivity contribution in [3.8, 4) is 0 Å². The lowest BCUT2D eigenvalue weighted by Crippen LogP contribution is -2.08. The minimum absolute atomic E-state index is 0.762. The van der Waals surface area contributed by atoms with E-state index in [1.807, 2.05) is 0 Å². The van der Waals surface area contributed by atoms with Crippen LogP contribution in [0.5, 0.6) is 0 Å². The van der Waals surface area contributed by atoms with Crippen molar-refractivity contribution in [2.75, 3.05) is 18.5 Å². The molecule has 14 heavy (non-hydrogen) atoms. The molecule has 0 saturated heterocycles. The van der Waals surface area contributed by atoms with Crippen LogP contribution >= 0.6 is 15.9 Å². The molecule has 0 aliphatic rings. The lowest BCUT2D eigenvalue weighted by atomic mass is 10.0. The molecule has 1 nitrogen and oxygen atoms in total. The monoisotopic (exact) mass is 264 g/mol. The van der Waals surface area contributed by atoms with E-state index in [2.05, 4.69) is 36.7 Å². The van der Waals surface area contributed by atoms with Gasteiger partial charge < -0.3 is 4.74 Å². The van der Waals surface area contributed by atoms with Crippen LogP contribution < -0.4 is 0 Å². The van der Waals surface area contributed by atoms with Crippen molar-refractivity contribution < 1.29 is 4.74 Å². The summed E-state index contributed by atoms with van der Waals surface area (Å²) < 4.78 is 5.60. The van der Waals surface area contributed by atoms with Gasteiger partial charge in [-0.15, -0.1) is 0 Å². The molecule has 0 N–H and O–H groups in total. The summed E-state index contributed by atoms with van der Waals surface area (Å²) >= 11 is 3.55. The molecule has 0 saturated carbocycles. The molecule has 0 aliphatic heterocycles. The van der Waals surface area contributed by atoms with Crippen LogP contribution in [0.15, 0.2) is 0 Å². The number of hydrogen-bond donors (Lipinski definition) is 0. The van der Waals surface area contributed by atoms with Crippen LogP contribution in [-0.4, -0.2) is 18.5 Å². The molecule has 0 fully saturated rings. The van der Waals surface area contributed by atoms with E-state index in [1.54, 1.807) is 0 Å². The molecule has 86 valence electrons. The van der Waals surface area contributed by atoms with Crippen molar-refractivity contribution in [3.63, 3.8) is 0 Å². The van der Waals surface area contributed by atoms with Gasteiger partial charge in [0.2, 0.25) is 0 Å². The highest BCUT2D eigenvalue weighted by atomic mass is 79.9. The highest BCUT2D eigenvalue weighted by molar-refractivity contribution is 9.09. The number of ether oxygens (including phenoxy) is 1. The molecule has 0 spiro atoms. The normalized spacial score (nSPS) is 13.5. The largest absolute Gasteiger partial charge is 0.381 e. The van der Waals surface area contributed by atoms with E-state index in [0.29, 0.717) is 0 Å². The summed E-state index contributed by atoms with van der Waals surface area (Å²) in [4.78, 5) is 0. The maximum Gasteiger partial charge on any atom is 0.0468 e. The van der Waals surface area contributed by atoms with E-state index in [1.165, 1.54) is 25.7 Å². The van der Waals surface area contributed by atoms with Crippen molar-refractivity contribution in [1.82, 2.24) is 0 Å². The molecular weight excluding hydrogens is 240 g/mol. The van der Waals surface area contributed by atoms with E-state index in [9.17, 15) is 0 Å². The number of hydrogen-bond acceptors (Lipinski definition) is 1. The van der Waals surface area contributed by atoms with Gasteiger partial charge in [-0.3, -0.25) is 0 Å². The van der Waals surface area contributed by atoms with Gasteiger partial charge in [0.1, 0.15) is 0 Å². The average Bonchev–Trinajstić information content (AvgIpc) is 2.15. The Morgan fingerprint density at radius 1 is 1.07 bits per heavy atom. The van der Waals surface area contributed by atoms with Crippen molar-refractivity contribution in [1.29, 1.82) is 0 Å². The van der Waals surface area contributed by atoms with Gasteiger partial charge in [-0.25, -0.2) is 0 Å². The fraction of sp³-hybridized carbons (Fsp3) is 1.00. The highest BCUT2D eigenvalue weighted by Crippen LogP contribution is 2.14. The molecule has 0 heterocycles. The molecule has 0 radical (unpaired) electrons. The lowest BCUT2D eigenvalue weighted by Gasteiger charge is -2.13. The second kappa shape index (κ2) is 9.97. The Balaban J connectivity index is 3.24. The Labute approximate surface area is 97.7 Å². The summed E-state index contributed by atoms with van der Waals surface area (Å²) in [5, 5.41) is 1.12. The van der Waals surface area contributed by atoms with Crippen molar-refractivity contribution in [2.24, 2.45) is 11.8 Å². The van der Waals surface area contributed by atoms with Crippen LogP contribution in [0.1, 0.15) is 46.5 Å². The summed E-state index contributed by atoms with van der Waals surface area (Å²) in [6, 6.07) is 0. The molecule has 0 aliphatic carbocycles. The summed E-state index contributed by atoms with van der Waals surface area (Å²) in [7, 11) is 0. The summed E-state index contributed by atoms with van der Waals surface area (Å²) in [5.74, 6) is 1.57. The van der Waals surface area contributed by atoms with Gasteiger partial charge in [-0.2, -0.15) is 0 Å². The van der Waals surface area contributed by atoms with E-state index >= 15 is 0 Å². The van der Waals surface area contributed by atoms with Gasteiger partial charge in [0, 0.05) is 18.5 Å². The number of halogens is 1. The first kappa shape index (κ1) is 14.4. The molecule has 0 amide bonds. The fourth-order valence-electron chi connectivity index (χ4n) is 1.38. The molecular formula is C12H25BrO. The smallest absolute Gasteiger partial charge is 0.0468 e. The van der Waals surface area contributed by atoms with E-state index < -0.39 is 0 Å². The third-order valence-corrected chi connectivity index (χ3v) is 3.34. The molecule has 0 aromatic rings. The van der Waals surface area contributed by atoms with Crippen LogP contribution in [0.4, 0.5) is 0 Å². The van der Waals surface area contributed by atoms with Gasteiger partial charge >= 0.3 is 0 Å². The quantitative estimate of drug-likeness (QED) is 0.447. The van der Waals surface area contributed by atoms with Crippen LogP contribution in [-0.2, 0) is 4.74 Å². The third-order valence-electron chi connectivity index (χ3n) is 2.43. The summed E-state index contributed by atoms with van der Waals surface area (Å²) in [5.41, 5.74) is 0. The fourth-order valence-corrected chi connectivity index (χ4v) is 2.03. The predicted molar refractivity (Wildman–Crippen MR) is 67.1 cm³/mol. The van der Waals surface area contributed by atoms with Gasteiger partial charge in [0.15, 0.2) is 0 Å². The standard InChI is InChI=1S/C12H25BrO/c1-4-5-12(10-13)7-9-14-8-6-11(2)3/h11-12H,4-10H2,1-3H3. The maximum absolute atomic E-state index is 5.60. The molecule has 1 atom stereocenters. The van der Waals surface area contributed by atoms with Crippen LogP contribution in [0.3, 0.4) is 0 Å². The second-order valence-electron chi connectivity index (χ2n) is 4.39. The Morgan fingerprint density at radius 2 is 1.71 bits per heavy atom. The van der Waals surface area contributed by atoms with Crippen molar-refractivity contribution >= 4 is 15.9 Å². The topological polar surface area (TPSA) is 9.23 Å². The summed E-state index contributed by atoms with van der Waals surface area (Å²) in [6.45, 7) is 8.58. The van der Waals surface area contributed by atoms with Crippen LogP contribution in [0.25, 0.3) is 0 Å². The first-order chi connectivity index (χ1) is 6.70. The van der Waals surface area contributed by atoms with Gasteiger partial charge in [-0.05, 0) is 31.1 Å². The van der Waals surface area contributed by atoms with Crippen molar-refractivity contribution in [2.45, 2.75) is 46.5 Å². The Hall–Kier alpha value is 0.440. The minimum atomic E-state index is 0.762. The number of alkyl halides is 1. The highest BCUT2D eigenvalue weighted by Gasteiger charge is 2.05. The summed E-state index contributed by atoms with van der Waals surface area (Å²) in [6.07, 6.45) is 4.99. The molecule has 0 rings (SSSR count). The Morgan fingerprint density at radius 3 is 2.21 bits per heavy atom. The molecule has 1 unspecified atom stereocenters. The first-order valence-electron chi connectivity index (χ1n) is 5.84. The molecule has 0 aromatic heterocycles. The zero-order valence-electron chi connectivity index (χ0n) is 9.89. The number of rotatable bonds is 9. The molecule has 0 bridgehead atoms. The van der Waals surface area contributed by atoms with Gasteiger partial charge in [0.05, 0.1) is 0 Å². The zero-order valence-corrected chi connectivity index (χ0v) is 11.5. The zero-order chi connectivity index (χ0) is 10.8. The van der Waals surface area contributed by atoms with Crippen molar-refractivity contribution in [3.05, 3.63) is 0 Å². The van der Waals surface area contributed by atoms with Crippen LogP contribution in [0, 0.1) is 11.8 Å². The minimum Gasteiger partial charge on any atom is -0.381 e. The van der Waals surface area contributed by atoms with Gasteiger partial charge in [0.25, 0.3) is 0 Å². The SMILES string of the molecule is CCCC(CBr)CCOCCC(C)C. The molecule has 2 heteroatoms. The Bertz CT molecular complexity index is 115. The lowest BCUT2D eigenvalue weighted by molar-refractivity contribution is 0.112. The van der Waals surface area contributed by atoms with Crippen LogP contribution in [0.2, 0.25) is 0 Å².